The second-order valence-electron chi connectivity index (χ2n) is 4.09. The van der Waals surface area contributed by atoms with Gasteiger partial charge in [-0.05, 0) is 37.4 Å². The third-order valence-electron chi connectivity index (χ3n) is 3.03. The van der Waals surface area contributed by atoms with E-state index < -0.39 is 0 Å². The summed E-state index contributed by atoms with van der Waals surface area (Å²) in [5.74, 6) is 0. The standard InChI is InChI=1S/C12H18N2/c1-9-5-2-3-6-10(9)12-11(13)7-4-8-14-12/h2-3,5-6,11-12,14H,4,7-8,13H2,1H3. The summed E-state index contributed by atoms with van der Waals surface area (Å²) in [4.78, 5) is 0. The van der Waals surface area contributed by atoms with Crippen molar-refractivity contribution in [3.05, 3.63) is 35.4 Å². The zero-order chi connectivity index (χ0) is 9.97. The molecule has 1 fully saturated rings. The van der Waals surface area contributed by atoms with Crippen LogP contribution >= 0.6 is 0 Å². The Morgan fingerprint density at radius 3 is 2.86 bits per heavy atom. The molecule has 1 aromatic rings. The highest BCUT2D eigenvalue weighted by Crippen LogP contribution is 2.24. The lowest BCUT2D eigenvalue weighted by Crippen LogP contribution is -2.43. The minimum Gasteiger partial charge on any atom is -0.326 e. The van der Waals surface area contributed by atoms with Gasteiger partial charge in [-0.1, -0.05) is 24.3 Å². The molecule has 3 N–H and O–H groups in total. The molecule has 1 aliphatic rings. The number of rotatable bonds is 1. The van der Waals surface area contributed by atoms with E-state index in [2.05, 4.69) is 36.5 Å². The number of hydrogen-bond acceptors (Lipinski definition) is 2. The van der Waals surface area contributed by atoms with Gasteiger partial charge in [0.1, 0.15) is 0 Å². The van der Waals surface area contributed by atoms with Crippen molar-refractivity contribution in [1.29, 1.82) is 0 Å². The van der Waals surface area contributed by atoms with Gasteiger partial charge in [-0.3, -0.25) is 0 Å². The van der Waals surface area contributed by atoms with E-state index in [0.29, 0.717) is 6.04 Å². The van der Waals surface area contributed by atoms with Crippen molar-refractivity contribution in [3.63, 3.8) is 0 Å². The first kappa shape index (κ1) is 9.69. The Morgan fingerprint density at radius 2 is 2.14 bits per heavy atom. The average Bonchev–Trinajstić information content (AvgIpc) is 2.20. The molecule has 1 aliphatic heterocycles. The summed E-state index contributed by atoms with van der Waals surface area (Å²) in [7, 11) is 0. The van der Waals surface area contributed by atoms with E-state index in [-0.39, 0.29) is 6.04 Å². The minimum absolute atomic E-state index is 0.268. The van der Waals surface area contributed by atoms with Crippen LogP contribution in [0.15, 0.2) is 24.3 Å². The molecule has 0 saturated carbocycles. The van der Waals surface area contributed by atoms with Crippen molar-refractivity contribution in [2.75, 3.05) is 6.54 Å². The number of hydrogen-bond donors (Lipinski definition) is 2. The molecule has 2 atom stereocenters. The first-order valence-electron chi connectivity index (χ1n) is 5.33. The topological polar surface area (TPSA) is 38.0 Å². The maximum absolute atomic E-state index is 6.12. The van der Waals surface area contributed by atoms with Gasteiger partial charge < -0.3 is 11.1 Å². The van der Waals surface area contributed by atoms with E-state index >= 15 is 0 Å². The number of aryl methyl sites for hydroxylation is 1. The summed E-state index contributed by atoms with van der Waals surface area (Å²) < 4.78 is 0. The predicted molar refractivity (Wildman–Crippen MR) is 59.1 cm³/mol. The largest absolute Gasteiger partial charge is 0.326 e. The highest BCUT2D eigenvalue weighted by Gasteiger charge is 2.23. The highest BCUT2D eigenvalue weighted by molar-refractivity contribution is 5.30. The summed E-state index contributed by atoms with van der Waals surface area (Å²) in [5, 5.41) is 3.50. The summed E-state index contributed by atoms with van der Waals surface area (Å²) in [6, 6.07) is 9.12. The lowest BCUT2D eigenvalue weighted by molar-refractivity contribution is 0.357. The van der Waals surface area contributed by atoms with Crippen molar-refractivity contribution >= 4 is 0 Å². The molecule has 0 spiro atoms. The molecule has 0 bridgehead atoms. The second kappa shape index (κ2) is 4.11. The molecule has 2 rings (SSSR count). The third-order valence-corrected chi connectivity index (χ3v) is 3.03. The van der Waals surface area contributed by atoms with Crippen LogP contribution < -0.4 is 11.1 Å². The maximum atomic E-state index is 6.12. The second-order valence-corrected chi connectivity index (χ2v) is 4.09. The lowest BCUT2D eigenvalue weighted by atomic mass is 9.90. The van der Waals surface area contributed by atoms with E-state index in [0.717, 1.165) is 13.0 Å². The molecule has 76 valence electrons. The molecule has 0 amide bonds. The van der Waals surface area contributed by atoms with Crippen molar-refractivity contribution in [1.82, 2.24) is 5.32 Å². The fraction of sp³-hybridized carbons (Fsp3) is 0.500. The third kappa shape index (κ3) is 1.81. The molecule has 0 radical (unpaired) electrons. The number of benzene rings is 1. The maximum Gasteiger partial charge on any atom is 0.0476 e. The Hall–Kier alpha value is -0.860. The Labute approximate surface area is 85.5 Å². The first-order valence-corrected chi connectivity index (χ1v) is 5.33. The minimum atomic E-state index is 0.268. The Morgan fingerprint density at radius 1 is 1.36 bits per heavy atom. The van der Waals surface area contributed by atoms with Gasteiger partial charge >= 0.3 is 0 Å². The fourth-order valence-corrected chi connectivity index (χ4v) is 2.19. The van der Waals surface area contributed by atoms with Crippen LogP contribution in [0.4, 0.5) is 0 Å². The van der Waals surface area contributed by atoms with E-state index in [1.165, 1.54) is 17.5 Å². The smallest absolute Gasteiger partial charge is 0.0476 e. The Bertz CT molecular complexity index is 309. The molecular weight excluding hydrogens is 172 g/mol. The lowest BCUT2D eigenvalue weighted by Gasteiger charge is -2.31. The predicted octanol–water partition coefficient (Wildman–Crippen LogP) is 1.75. The van der Waals surface area contributed by atoms with E-state index in [4.69, 9.17) is 5.73 Å². The average molecular weight is 190 g/mol. The molecule has 2 heteroatoms. The van der Waals surface area contributed by atoms with Gasteiger partial charge in [0.05, 0.1) is 0 Å². The van der Waals surface area contributed by atoms with E-state index in [1.807, 2.05) is 0 Å². The highest BCUT2D eigenvalue weighted by atomic mass is 15.0. The number of nitrogens with two attached hydrogens (primary N) is 1. The number of nitrogens with one attached hydrogen (secondary N) is 1. The zero-order valence-electron chi connectivity index (χ0n) is 8.66. The van der Waals surface area contributed by atoms with Crippen molar-refractivity contribution in [2.24, 2.45) is 5.73 Å². The van der Waals surface area contributed by atoms with Gasteiger partial charge in [-0.2, -0.15) is 0 Å². The number of piperidine rings is 1. The molecule has 2 nitrogen and oxygen atoms in total. The summed E-state index contributed by atoms with van der Waals surface area (Å²) in [5.41, 5.74) is 8.81. The van der Waals surface area contributed by atoms with Crippen LogP contribution in [-0.4, -0.2) is 12.6 Å². The van der Waals surface area contributed by atoms with Crippen molar-refractivity contribution in [3.8, 4) is 0 Å². The molecule has 2 unspecified atom stereocenters. The van der Waals surface area contributed by atoms with Crippen LogP contribution in [0, 0.1) is 6.92 Å². The molecular formula is C12H18N2. The van der Waals surface area contributed by atoms with Crippen molar-refractivity contribution < 1.29 is 0 Å². The van der Waals surface area contributed by atoms with Gasteiger partial charge in [-0.25, -0.2) is 0 Å². The summed E-state index contributed by atoms with van der Waals surface area (Å²) in [6.07, 6.45) is 2.33. The van der Waals surface area contributed by atoms with Gasteiger partial charge in [0.2, 0.25) is 0 Å². The Kier molecular flexibility index (Phi) is 2.85. The van der Waals surface area contributed by atoms with Crippen LogP contribution in [0.2, 0.25) is 0 Å². The van der Waals surface area contributed by atoms with Gasteiger partial charge in [0.15, 0.2) is 0 Å². The normalized spacial score (nSPS) is 27.6. The fourth-order valence-electron chi connectivity index (χ4n) is 2.19. The SMILES string of the molecule is Cc1ccccc1C1NCCCC1N. The zero-order valence-corrected chi connectivity index (χ0v) is 8.66. The summed E-state index contributed by atoms with van der Waals surface area (Å²) in [6.45, 7) is 3.24. The quantitative estimate of drug-likeness (QED) is 0.708. The van der Waals surface area contributed by atoms with E-state index in [1.54, 1.807) is 0 Å². The Balaban J connectivity index is 2.25. The van der Waals surface area contributed by atoms with Crippen LogP contribution in [0.25, 0.3) is 0 Å². The van der Waals surface area contributed by atoms with Crippen LogP contribution in [-0.2, 0) is 0 Å². The van der Waals surface area contributed by atoms with Crippen LogP contribution in [0.3, 0.4) is 0 Å². The van der Waals surface area contributed by atoms with Crippen molar-refractivity contribution in [2.45, 2.75) is 31.8 Å². The molecule has 0 aromatic heterocycles. The molecule has 1 aromatic carbocycles. The van der Waals surface area contributed by atoms with Crippen LogP contribution in [0.1, 0.15) is 30.0 Å². The molecule has 1 saturated heterocycles. The van der Waals surface area contributed by atoms with Gasteiger partial charge in [0, 0.05) is 12.1 Å². The first-order chi connectivity index (χ1) is 6.79. The van der Waals surface area contributed by atoms with Crippen LogP contribution in [0.5, 0.6) is 0 Å². The molecule has 14 heavy (non-hydrogen) atoms. The monoisotopic (exact) mass is 190 g/mol. The summed E-state index contributed by atoms with van der Waals surface area (Å²) >= 11 is 0. The van der Waals surface area contributed by atoms with Gasteiger partial charge in [-0.15, -0.1) is 0 Å². The van der Waals surface area contributed by atoms with E-state index in [9.17, 15) is 0 Å². The molecule has 1 heterocycles. The van der Waals surface area contributed by atoms with Gasteiger partial charge in [0.25, 0.3) is 0 Å². The molecule has 0 aliphatic carbocycles.